The molecule has 8 heteroatoms. The summed E-state index contributed by atoms with van der Waals surface area (Å²) >= 11 is 0. The summed E-state index contributed by atoms with van der Waals surface area (Å²) in [5, 5.41) is 24.1. The predicted octanol–water partition coefficient (Wildman–Crippen LogP) is 0.242. The van der Waals surface area contributed by atoms with E-state index >= 15 is 0 Å². The Balaban J connectivity index is 2.18. The molecule has 2 heterocycles. The molecule has 21 heavy (non-hydrogen) atoms. The fourth-order valence-corrected chi connectivity index (χ4v) is 1.68. The van der Waals surface area contributed by atoms with Gasteiger partial charge < -0.3 is 10.4 Å². The number of carboxylic acid groups (broad SMARTS) is 1. The van der Waals surface area contributed by atoms with E-state index in [1.165, 1.54) is 35.4 Å². The van der Waals surface area contributed by atoms with Crippen LogP contribution in [0.3, 0.4) is 0 Å². The molecule has 0 aliphatic heterocycles. The van der Waals surface area contributed by atoms with Crippen molar-refractivity contribution in [3.63, 3.8) is 0 Å². The molecule has 0 aliphatic carbocycles. The summed E-state index contributed by atoms with van der Waals surface area (Å²) in [5.41, 5.74) is 0.699. The van der Waals surface area contributed by atoms with Gasteiger partial charge in [-0.25, -0.2) is 9.78 Å². The molecule has 0 saturated carbocycles. The topological polar surface area (TPSA) is 121 Å². The van der Waals surface area contributed by atoms with E-state index in [2.05, 4.69) is 15.4 Å². The van der Waals surface area contributed by atoms with Crippen molar-refractivity contribution in [2.24, 2.45) is 7.05 Å². The summed E-state index contributed by atoms with van der Waals surface area (Å²) < 4.78 is 1.44. The van der Waals surface area contributed by atoms with Gasteiger partial charge in [0.15, 0.2) is 6.04 Å². The van der Waals surface area contributed by atoms with Crippen LogP contribution in [0.5, 0.6) is 0 Å². The van der Waals surface area contributed by atoms with E-state index in [0.717, 1.165) is 0 Å². The van der Waals surface area contributed by atoms with Crippen LogP contribution in [0.1, 0.15) is 27.7 Å². The van der Waals surface area contributed by atoms with Crippen LogP contribution in [-0.4, -0.2) is 31.7 Å². The summed E-state index contributed by atoms with van der Waals surface area (Å²) in [6.45, 7) is 0. The van der Waals surface area contributed by atoms with Crippen LogP contribution in [0.2, 0.25) is 0 Å². The lowest BCUT2D eigenvalue weighted by Crippen LogP contribution is -2.34. The van der Waals surface area contributed by atoms with Crippen molar-refractivity contribution in [3.05, 3.63) is 47.5 Å². The van der Waals surface area contributed by atoms with Crippen molar-refractivity contribution in [3.8, 4) is 6.07 Å². The molecule has 2 N–H and O–H groups in total. The zero-order valence-electron chi connectivity index (χ0n) is 11.0. The minimum Gasteiger partial charge on any atom is -0.479 e. The first-order chi connectivity index (χ1) is 10.0. The van der Waals surface area contributed by atoms with Crippen LogP contribution >= 0.6 is 0 Å². The molecular weight excluding hydrogens is 274 g/mol. The zero-order chi connectivity index (χ0) is 15.4. The third-order valence-electron chi connectivity index (χ3n) is 2.71. The van der Waals surface area contributed by atoms with Gasteiger partial charge in [0.2, 0.25) is 0 Å². The molecule has 8 nitrogen and oxygen atoms in total. The van der Waals surface area contributed by atoms with Gasteiger partial charge in [-0.05, 0) is 12.1 Å². The molecule has 0 aliphatic rings. The number of aryl methyl sites for hydroxylation is 1. The van der Waals surface area contributed by atoms with Gasteiger partial charge in [0.05, 0.1) is 11.8 Å². The smallest absolute Gasteiger partial charge is 0.331 e. The third-order valence-corrected chi connectivity index (χ3v) is 2.71. The SMILES string of the molecule is Cn1cc(C(NC(=O)c2ccc(C#N)cn2)C(=O)O)cn1. The number of carbonyl (C=O) groups excluding carboxylic acids is 1. The van der Waals surface area contributed by atoms with Crippen LogP contribution < -0.4 is 5.32 Å². The average molecular weight is 285 g/mol. The molecular formula is C13H11N5O3. The van der Waals surface area contributed by atoms with Crippen molar-refractivity contribution < 1.29 is 14.7 Å². The number of rotatable bonds is 4. The summed E-state index contributed by atoms with van der Waals surface area (Å²) in [5.74, 6) is -1.85. The van der Waals surface area contributed by atoms with Crippen molar-refractivity contribution in [2.45, 2.75) is 6.04 Å². The number of nitriles is 1. The van der Waals surface area contributed by atoms with E-state index in [1.54, 1.807) is 7.05 Å². The van der Waals surface area contributed by atoms with E-state index in [4.69, 9.17) is 5.26 Å². The highest BCUT2D eigenvalue weighted by Gasteiger charge is 2.24. The normalized spacial score (nSPS) is 11.4. The second-order valence-corrected chi connectivity index (χ2v) is 4.24. The number of nitrogens with zero attached hydrogens (tertiary/aromatic N) is 4. The number of aliphatic carboxylic acids is 1. The first-order valence-electron chi connectivity index (χ1n) is 5.89. The first-order valence-corrected chi connectivity index (χ1v) is 5.89. The molecule has 1 atom stereocenters. The van der Waals surface area contributed by atoms with Crippen molar-refractivity contribution >= 4 is 11.9 Å². The Morgan fingerprint density at radius 3 is 2.67 bits per heavy atom. The van der Waals surface area contributed by atoms with Gasteiger partial charge in [0.25, 0.3) is 5.91 Å². The van der Waals surface area contributed by atoms with Crippen LogP contribution in [-0.2, 0) is 11.8 Å². The van der Waals surface area contributed by atoms with Gasteiger partial charge in [-0.1, -0.05) is 0 Å². The van der Waals surface area contributed by atoms with Crippen molar-refractivity contribution in [1.29, 1.82) is 5.26 Å². The number of aromatic nitrogens is 3. The molecule has 0 saturated heterocycles. The molecule has 1 amide bonds. The van der Waals surface area contributed by atoms with E-state index < -0.39 is 17.9 Å². The molecule has 0 radical (unpaired) electrons. The molecule has 0 bridgehead atoms. The maximum absolute atomic E-state index is 12.0. The van der Waals surface area contributed by atoms with Crippen molar-refractivity contribution in [1.82, 2.24) is 20.1 Å². The van der Waals surface area contributed by atoms with Gasteiger partial charge in [0, 0.05) is 25.0 Å². The highest BCUT2D eigenvalue weighted by Crippen LogP contribution is 2.13. The third kappa shape index (κ3) is 3.22. The Hall–Kier alpha value is -3.21. The van der Waals surface area contributed by atoms with Gasteiger partial charge in [-0.3, -0.25) is 9.48 Å². The van der Waals surface area contributed by atoms with E-state index in [1.807, 2.05) is 6.07 Å². The molecule has 1 unspecified atom stereocenters. The summed E-state index contributed by atoms with van der Waals surface area (Å²) in [7, 11) is 1.65. The maximum atomic E-state index is 12.0. The monoisotopic (exact) mass is 285 g/mol. The zero-order valence-corrected chi connectivity index (χ0v) is 11.0. The number of carbonyl (C=O) groups is 2. The Bertz CT molecular complexity index is 714. The molecule has 0 spiro atoms. The van der Waals surface area contributed by atoms with E-state index in [0.29, 0.717) is 11.1 Å². The van der Waals surface area contributed by atoms with Gasteiger partial charge in [-0.15, -0.1) is 0 Å². The minimum absolute atomic E-state index is 0.0316. The fourth-order valence-electron chi connectivity index (χ4n) is 1.68. The fraction of sp³-hybridized carbons (Fsp3) is 0.154. The van der Waals surface area contributed by atoms with E-state index in [-0.39, 0.29) is 5.69 Å². The quantitative estimate of drug-likeness (QED) is 0.830. The first kappa shape index (κ1) is 14.2. The predicted molar refractivity (Wildman–Crippen MR) is 70.0 cm³/mol. The molecule has 2 aromatic heterocycles. The number of hydrogen-bond acceptors (Lipinski definition) is 5. The Morgan fingerprint density at radius 1 is 1.43 bits per heavy atom. The summed E-state index contributed by atoms with van der Waals surface area (Å²) in [4.78, 5) is 27.1. The van der Waals surface area contributed by atoms with Crippen LogP contribution in [0.15, 0.2) is 30.7 Å². The Labute approximate surface area is 119 Å². The molecule has 0 fully saturated rings. The average Bonchev–Trinajstić information content (AvgIpc) is 2.90. The van der Waals surface area contributed by atoms with Gasteiger partial charge in [-0.2, -0.15) is 10.4 Å². The van der Waals surface area contributed by atoms with Crippen LogP contribution in [0, 0.1) is 11.3 Å². The van der Waals surface area contributed by atoms with Crippen LogP contribution in [0.25, 0.3) is 0 Å². The second kappa shape index (κ2) is 5.83. The number of amides is 1. The highest BCUT2D eigenvalue weighted by molar-refractivity contribution is 5.95. The van der Waals surface area contributed by atoms with Gasteiger partial charge >= 0.3 is 5.97 Å². The Kier molecular flexibility index (Phi) is 3.95. The molecule has 2 rings (SSSR count). The standard InChI is InChI=1S/C13H11N5O3/c1-18-7-9(6-16-18)11(13(20)21)17-12(19)10-3-2-8(4-14)5-15-10/h2-3,5-7,11H,1H3,(H,17,19)(H,20,21). The minimum atomic E-state index is -1.22. The number of pyridine rings is 1. The largest absolute Gasteiger partial charge is 0.479 e. The lowest BCUT2D eigenvalue weighted by atomic mass is 10.1. The molecule has 2 aromatic rings. The van der Waals surface area contributed by atoms with Crippen molar-refractivity contribution in [2.75, 3.05) is 0 Å². The van der Waals surface area contributed by atoms with Gasteiger partial charge in [0.1, 0.15) is 11.8 Å². The number of hydrogen-bond donors (Lipinski definition) is 2. The number of carboxylic acids is 1. The second-order valence-electron chi connectivity index (χ2n) is 4.24. The lowest BCUT2D eigenvalue weighted by molar-refractivity contribution is -0.139. The Morgan fingerprint density at radius 2 is 2.19 bits per heavy atom. The van der Waals surface area contributed by atoms with Crippen LogP contribution in [0.4, 0.5) is 0 Å². The molecule has 106 valence electrons. The summed E-state index contributed by atoms with van der Waals surface area (Å²) in [6, 6.07) is 3.45. The number of nitrogens with one attached hydrogen (secondary N) is 1. The highest BCUT2D eigenvalue weighted by atomic mass is 16.4. The van der Waals surface area contributed by atoms with E-state index in [9.17, 15) is 14.7 Å². The summed E-state index contributed by atoms with van der Waals surface area (Å²) in [6.07, 6.45) is 4.12. The maximum Gasteiger partial charge on any atom is 0.331 e. The lowest BCUT2D eigenvalue weighted by Gasteiger charge is -2.12. The molecule has 0 aromatic carbocycles.